The fourth-order valence-electron chi connectivity index (χ4n) is 3.00. The number of nitrogens with zero attached hydrogens (tertiary/aromatic N) is 3. The van der Waals surface area contributed by atoms with E-state index in [0.29, 0.717) is 16.1 Å². The van der Waals surface area contributed by atoms with Gasteiger partial charge in [0.25, 0.3) is 5.22 Å². The third-order valence-electron chi connectivity index (χ3n) is 4.28. The van der Waals surface area contributed by atoms with Gasteiger partial charge in [0.15, 0.2) is 0 Å². The van der Waals surface area contributed by atoms with Gasteiger partial charge in [-0.2, -0.15) is 0 Å². The van der Waals surface area contributed by atoms with Crippen LogP contribution in [0.15, 0.2) is 56.6 Å². The highest BCUT2D eigenvalue weighted by molar-refractivity contribution is 9.10. The number of carbonyl (C=O) groups excluding carboxylic acids is 1. The minimum atomic E-state index is 0.0366. The normalized spacial score (nSPS) is 13.5. The van der Waals surface area contributed by atoms with Gasteiger partial charge in [-0.05, 0) is 60.9 Å². The third-order valence-corrected chi connectivity index (χ3v) is 5.83. The van der Waals surface area contributed by atoms with Gasteiger partial charge >= 0.3 is 0 Å². The molecule has 1 aliphatic heterocycles. The Balaban J connectivity index is 1.43. The highest BCUT2D eigenvalue weighted by Gasteiger charge is 2.23. The summed E-state index contributed by atoms with van der Waals surface area (Å²) < 4.78 is 6.69. The van der Waals surface area contributed by atoms with E-state index >= 15 is 0 Å². The Morgan fingerprint density at radius 2 is 2.04 bits per heavy atom. The van der Waals surface area contributed by atoms with Crippen LogP contribution in [0.25, 0.3) is 11.5 Å². The largest absolute Gasteiger partial charge is 0.411 e. The Morgan fingerprint density at radius 1 is 1.22 bits per heavy atom. The van der Waals surface area contributed by atoms with Crippen LogP contribution >= 0.6 is 39.3 Å². The molecular weight excluding hydrogens is 450 g/mol. The number of benzene rings is 2. The zero-order valence-electron chi connectivity index (χ0n) is 14.2. The number of halogens is 2. The first-order valence-corrected chi connectivity index (χ1v) is 10.6. The molecule has 3 aromatic rings. The first kappa shape index (κ1) is 18.5. The summed E-state index contributed by atoms with van der Waals surface area (Å²) in [5, 5.41) is 9.09. The van der Waals surface area contributed by atoms with Gasteiger partial charge in [0.1, 0.15) is 0 Å². The molecule has 1 amide bonds. The van der Waals surface area contributed by atoms with E-state index in [1.807, 2.05) is 29.2 Å². The van der Waals surface area contributed by atoms with Crippen LogP contribution in [-0.4, -0.2) is 28.4 Å². The lowest BCUT2D eigenvalue weighted by atomic mass is 10.0. The number of rotatable bonds is 4. The Kier molecular flexibility index (Phi) is 5.52. The van der Waals surface area contributed by atoms with Gasteiger partial charge in [0.05, 0.1) is 5.75 Å². The summed E-state index contributed by atoms with van der Waals surface area (Å²) in [5.74, 6) is 0.696. The molecular formula is C19H15BrClN3O2S. The SMILES string of the molecule is O=C(CSc1nnc(-c2ccc(Cl)cc2)o1)N1CCCc2cc(Br)ccc21. The molecule has 0 bridgehead atoms. The predicted octanol–water partition coefficient (Wildman–Crippen LogP) is 5.22. The lowest BCUT2D eigenvalue weighted by molar-refractivity contribution is -0.116. The van der Waals surface area contributed by atoms with Crippen LogP contribution in [0.4, 0.5) is 5.69 Å². The van der Waals surface area contributed by atoms with Crippen molar-refractivity contribution in [2.45, 2.75) is 18.1 Å². The van der Waals surface area contributed by atoms with Crippen LogP contribution < -0.4 is 4.90 Å². The number of anilines is 1. The monoisotopic (exact) mass is 463 g/mol. The molecule has 27 heavy (non-hydrogen) atoms. The molecule has 138 valence electrons. The molecule has 2 aromatic carbocycles. The Hall–Kier alpha value is -1.83. The summed E-state index contributed by atoms with van der Waals surface area (Å²) in [6.45, 7) is 0.730. The van der Waals surface area contributed by atoms with E-state index < -0.39 is 0 Å². The van der Waals surface area contributed by atoms with Crippen molar-refractivity contribution in [3.05, 3.63) is 57.5 Å². The van der Waals surface area contributed by atoms with Gasteiger partial charge in [-0.15, -0.1) is 10.2 Å². The summed E-state index contributed by atoms with van der Waals surface area (Å²) in [7, 11) is 0. The van der Waals surface area contributed by atoms with Crippen molar-refractivity contribution in [1.82, 2.24) is 10.2 Å². The molecule has 8 heteroatoms. The number of hydrogen-bond acceptors (Lipinski definition) is 5. The fraction of sp³-hybridized carbons (Fsp3) is 0.211. The second kappa shape index (κ2) is 8.04. The molecule has 0 spiro atoms. The van der Waals surface area contributed by atoms with E-state index in [0.717, 1.165) is 35.1 Å². The highest BCUT2D eigenvalue weighted by Crippen LogP contribution is 2.31. The number of aromatic nitrogens is 2. The van der Waals surface area contributed by atoms with Crippen molar-refractivity contribution < 1.29 is 9.21 Å². The third kappa shape index (κ3) is 4.20. The molecule has 0 saturated carbocycles. The van der Waals surface area contributed by atoms with Crippen molar-refractivity contribution in [1.29, 1.82) is 0 Å². The van der Waals surface area contributed by atoms with Crippen LogP contribution in [0.5, 0.6) is 0 Å². The lowest BCUT2D eigenvalue weighted by Gasteiger charge is -2.29. The molecule has 0 saturated heterocycles. The van der Waals surface area contributed by atoms with Gasteiger partial charge in [-0.3, -0.25) is 4.79 Å². The molecule has 0 unspecified atom stereocenters. The summed E-state index contributed by atoms with van der Waals surface area (Å²) in [4.78, 5) is 14.6. The maximum atomic E-state index is 12.7. The summed E-state index contributed by atoms with van der Waals surface area (Å²) in [5.41, 5.74) is 2.97. The van der Waals surface area contributed by atoms with Crippen molar-refractivity contribution in [3.63, 3.8) is 0 Å². The van der Waals surface area contributed by atoms with Crippen LogP contribution in [-0.2, 0) is 11.2 Å². The van der Waals surface area contributed by atoms with Crippen molar-refractivity contribution in [2.75, 3.05) is 17.2 Å². The van der Waals surface area contributed by atoms with Gasteiger partial charge in [-0.1, -0.05) is 39.3 Å². The summed E-state index contributed by atoms with van der Waals surface area (Å²) in [6.07, 6.45) is 1.95. The molecule has 0 fully saturated rings. The van der Waals surface area contributed by atoms with E-state index in [1.54, 1.807) is 12.1 Å². The number of amides is 1. The standard InChI is InChI=1S/C19H15BrClN3O2S/c20-14-5-8-16-13(10-14)2-1-9-24(16)17(25)11-27-19-23-22-18(26-19)12-3-6-15(21)7-4-12/h3-8,10H,1-2,9,11H2. The van der Waals surface area contributed by atoms with Crippen molar-refractivity contribution >= 4 is 50.9 Å². The average molecular weight is 465 g/mol. The molecule has 1 aliphatic rings. The number of thioether (sulfide) groups is 1. The Morgan fingerprint density at radius 3 is 2.85 bits per heavy atom. The summed E-state index contributed by atoms with van der Waals surface area (Å²) in [6, 6.07) is 13.2. The average Bonchev–Trinajstić information content (AvgIpc) is 3.15. The Bertz CT molecular complexity index is 977. The second-order valence-electron chi connectivity index (χ2n) is 6.09. The predicted molar refractivity (Wildman–Crippen MR) is 110 cm³/mol. The van der Waals surface area contributed by atoms with Crippen LogP contribution in [0.1, 0.15) is 12.0 Å². The number of fused-ring (bicyclic) bond motifs is 1. The number of aryl methyl sites for hydroxylation is 1. The maximum Gasteiger partial charge on any atom is 0.277 e. The van der Waals surface area contributed by atoms with E-state index in [4.69, 9.17) is 16.0 Å². The maximum absolute atomic E-state index is 12.7. The van der Waals surface area contributed by atoms with Crippen LogP contribution in [0.3, 0.4) is 0 Å². The van der Waals surface area contributed by atoms with Gasteiger partial charge in [0.2, 0.25) is 11.8 Å². The zero-order valence-corrected chi connectivity index (χ0v) is 17.4. The second-order valence-corrected chi connectivity index (χ2v) is 8.37. The van der Waals surface area contributed by atoms with E-state index in [1.165, 1.54) is 17.3 Å². The first-order valence-electron chi connectivity index (χ1n) is 8.41. The number of carbonyl (C=O) groups is 1. The van der Waals surface area contributed by atoms with Crippen LogP contribution in [0, 0.1) is 0 Å². The van der Waals surface area contributed by atoms with Crippen molar-refractivity contribution in [3.8, 4) is 11.5 Å². The topological polar surface area (TPSA) is 59.2 Å². The smallest absolute Gasteiger partial charge is 0.277 e. The molecule has 5 nitrogen and oxygen atoms in total. The van der Waals surface area contributed by atoms with Crippen LogP contribution in [0.2, 0.25) is 5.02 Å². The minimum Gasteiger partial charge on any atom is -0.411 e. The molecule has 0 N–H and O–H groups in total. The molecule has 2 heterocycles. The quantitative estimate of drug-likeness (QED) is 0.495. The van der Waals surface area contributed by atoms with Crippen molar-refractivity contribution in [2.24, 2.45) is 0 Å². The molecule has 1 aromatic heterocycles. The molecule has 0 aliphatic carbocycles. The van der Waals surface area contributed by atoms with E-state index in [9.17, 15) is 4.79 Å². The first-order chi connectivity index (χ1) is 13.1. The highest BCUT2D eigenvalue weighted by atomic mass is 79.9. The van der Waals surface area contributed by atoms with Gasteiger partial charge < -0.3 is 9.32 Å². The molecule has 0 atom stereocenters. The number of hydrogen-bond donors (Lipinski definition) is 0. The molecule has 0 radical (unpaired) electrons. The van der Waals surface area contributed by atoms with E-state index in [2.05, 4.69) is 32.2 Å². The van der Waals surface area contributed by atoms with Gasteiger partial charge in [-0.25, -0.2) is 0 Å². The minimum absolute atomic E-state index is 0.0366. The summed E-state index contributed by atoms with van der Waals surface area (Å²) >= 11 is 10.6. The van der Waals surface area contributed by atoms with Gasteiger partial charge in [0, 0.05) is 27.3 Å². The lowest BCUT2D eigenvalue weighted by Crippen LogP contribution is -2.36. The zero-order chi connectivity index (χ0) is 18.8. The Labute approximate surface area is 174 Å². The van der Waals surface area contributed by atoms with E-state index in [-0.39, 0.29) is 11.7 Å². The molecule has 4 rings (SSSR count). The fourth-order valence-corrected chi connectivity index (χ4v) is 4.18.